The van der Waals surface area contributed by atoms with Gasteiger partial charge in [-0.1, -0.05) is 18.2 Å². The van der Waals surface area contributed by atoms with Crippen molar-refractivity contribution >= 4 is 5.97 Å². The van der Waals surface area contributed by atoms with Crippen LogP contribution in [0.4, 0.5) is 4.39 Å². The highest BCUT2D eigenvalue weighted by atomic mass is 19.1. The number of aliphatic carboxylic acids is 1. The summed E-state index contributed by atoms with van der Waals surface area (Å²) in [6.45, 7) is 0.774. The van der Waals surface area contributed by atoms with Gasteiger partial charge in [-0.3, -0.25) is 4.79 Å². The average molecular weight is 266 g/mol. The van der Waals surface area contributed by atoms with Gasteiger partial charge in [-0.2, -0.15) is 0 Å². The molecule has 104 valence electrons. The molecule has 1 aromatic rings. The van der Waals surface area contributed by atoms with Gasteiger partial charge in [0.2, 0.25) is 0 Å². The van der Waals surface area contributed by atoms with Crippen molar-refractivity contribution in [3.63, 3.8) is 0 Å². The van der Waals surface area contributed by atoms with E-state index in [9.17, 15) is 14.3 Å². The zero-order valence-corrected chi connectivity index (χ0v) is 10.8. The van der Waals surface area contributed by atoms with E-state index in [0.717, 1.165) is 25.9 Å². The molecule has 1 heterocycles. The number of hydrogen-bond donors (Lipinski definition) is 1. The topological polar surface area (TPSA) is 46.5 Å². The smallest absolute Gasteiger partial charge is 0.306 e. The summed E-state index contributed by atoms with van der Waals surface area (Å²) in [7, 11) is 0. The second kappa shape index (κ2) is 6.66. The normalized spacial score (nSPS) is 20.4. The van der Waals surface area contributed by atoms with E-state index >= 15 is 0 Å². The van der Waals surface area contributed by atoms with Crippen molar-refractivity contribution in [2.75, 3.05) is 6.61 Å². The maximum atomic E-state index is 13.5. The molecule has 2 unspecified atom stereocenters. The Hall–Kier alpha value is -1.42. The van der Waals surface area contributed by atoms with E-state index in [1.54, 1.807) is 18.2 Å². The van der Waals surface area contributed by atoms with E-state index in [1.807, 2.05) is 0 Å². The lowest BCUT2D eigenvalue weighted by Gasteiger charge is -2.15. The third-order valence-electron chi connectivity index (χ3n) is 3.63. The van der Waals surface area contributed by atoms with Crippen LogP contribution in [-0.2, 0) is 16.0 Å². The molecule has 0 saturated carbocycles. The van der Waals surface area contributed by atoms with Crippen molar-refractivity contribution in [2.24, 2.45) is 5.92 Å². The number of rotatable bonds is 6. The first-order valence-electron chi connectivity index (χ1n) is 6.74. The van der Waals surface area contributed by atoms with Gasteiger partial charge in [-0.05, 0) is 43.7 Å². The molecule has 0 aliphatic carbocycles. The van der Waals surface area contributed by atoms with Crippen molar-refractivity contribution in [1.82, 2.24) is 0 Å². The summed E-state index contributed by atoms with van der Waals surface area (Å²) in [4.78, 5) is 11.3. The number of benzene rings is 1. The molecule has 1 saturated heterocycles. The SMILES string of the molecule is O=C(O)C(CCC1CCCO1)Cc1ccccc1F. The molecule has 1 aliphatic heterocycles. The third kappa shape index (κ3) is 4.03. The zero-order valence-electron chi connectivity index (χ0n) is 10.8. The largest absolute Gasteiger partial charge is 0.481 e. The Balaban J connectivity index is 1.92. The second-order valence-corrected chi connectivity index (χ2v) is 5.04. The number of carboxylic acids is 1. The standard InChI is InChI=1S/C15H19FO3/c16-14-6-2-1-4-11(14)10-12(15(17)18)7-8-13-5-3-9-19-13/h1-2,4,6,12-13H,3,5,7-10H2,(H,17,18). The molecule has 0 bridgehead atoms. The van der Waals surface area contributed by atoms with Gasteiger partial charge in [-0.15, -0.1) is 0 Å². The molecule has 0 radical (unpaired) electrons. The molecule has 4 heteroatoms. The lowest BCUT2D eigenvalue weighted by atomic mass is 9.93. The van der Waals surface area contributed by atoms with Crippen molar-refractivity contribution in [1.29, 1.82) is 0 Å². The summed E-state index contributed by atoms with van der Waals surface area (Å²) >= 11 is 0. The maximum absolute atomic E-state index is 13.5. The lowest BCUT2D eigenvalue weighted by molar-refractivity contribution is -0.142. The number of ether oxygens (including phenoxy) is 1. The molecular weight excluding hydrogens is 247 g/mol. The van der Waals surface area contributed by atoms with Crippen LogP contribution < -0.4 is 0 Å². The minimum absolute atomic E-state index is 0.183. The first-order chi connectivity index (χ1) is 9.16. The predicted molar refractivity (Wildman–Crippen MR) is 69.4 cm³/mol. The van der Waals surface area contributed by atoms with Crippen LogP contribution in [-0.4, -0.2) is 23.8 Å². The van der Waals surface area contributed by atoms with Crippen LogP contribution in [0.1, 0.15) is 31.2 Å². The number of carboxylic acid groups (broad SMARTS) is 1. The Kier molecular flexibility index (Phi) is 4.91. The van der Waals surface area contributed by atoms with Crippen molar-refractivity contribution in [2.45, 2.75) is 38.2 Å². The lowest BCUT2D eigenvalue weighted by Crippen LogP contribution is -2.19. The van der Waals surface area contributed by atoms with E-state index in [1.165, 1.54) is 6.07 Å². The second-order valence-electron chi connectivity index (χ2n) is 5.04. The summed E-state index contributed by atoms with van der Waals surface area (Å²) in [6.07, 6.45) is 3.76. The van der Waals surface area contributed by atoms with Gasteiger partial charge < -0.3 is 9.84 Å². The molecule has 1 N–H and O–H groups in total. The summed E-state index contributed by atoms with van der Waals surface area (Å²) in [6, 6.07) is 6.37. The van der Waals surface area contributed by atoms with Crippen LogP contribution in [0, 0.1) is 11.7 Å². The van der Waals surface area contributed by atoms with Crippen molar-refractivity contribution < 1.29 is 19.0 Å². The van der Waals surface area contributed by atoms with Gasteiger partial charge >= 0.3 is 5.97 Å². The van der Waals surface area contributed by atoms with Crippen LogP contribution >= 0.6 is 0 Å². The van der Waals surface area contributed by atoms with E-state index in [0.29, 0.717) is 12.0 Å². The van der Waals surface area contributed by atoms with Crippen LogP contribution in [0.25, 0.3) is 0 Å². The number of hydrogen-bond acceptors (Lipinski definition) is 2. The first-order valence-corrected chi connectivity index (χ1v) is 6.74. The quantitative estimate of drug-likeness (QED) is 0.861. The van der Waals surface area contributed by atoms with Crippen LogP contribution in [0.2, 0.25) is 0 Å². The predicted octanol–water partition coefficient (Wildman–Crippen LogP) is 3.03. The fraction of sp³-hybridized carbons (Fsp3) is 0.533. The highest BCUT2D eigenvalue weighted by Crippen LogP contribution is 2.22. The molecule has 2 atom stereocenters. The van der Waals surface area contributed by atoms with Gasteiger partial charge in [-0.25, -0.2) is 4.39 Å². The third-order valence-corrected chi connectivity index (χ3v) is 3.63. The molecule has 0 spiro atoms. The van der Waals surface area contributed by atoms with Gasteiger partial charge in [0.15, 0.2) is 0 Å². The molecule has 0 amide bonds. The summed E-state index contributed by atoms with van der Waals surface area (Å²) < 4.78 is 19.0. The highest BCUT2D eigenvalue weighted by molar-refractivity contribution is 5.70. The van der Waals surface area contributed by atoms with Gasteiger partial charge in [0.1, 0.15) is 5.82 Å². The molecule has 19 heavy (non-hydrogen) atoms. The van der Waals surface area contributed by atoms with Crippen molar-refractivity contribution in [3.8, 4) is 0 Å². The molecule has 1 fully saturated rings. The molecular formula is C15H19FO3. The highest BCUT2D eigenvalue weighted by Gasteiger charge is 2.23. The Morgan fingerprint density at radius 1 is 1.47 bits per heavy atom. The van der Waals surface area contributed by atoms with E-state index in [2.05, 4.69) is 0 Å². The molecule has 3 nitrogen and oxygen atoms in total. The maximum Gasteiger partial charge on any atom is 0.306 e. The van der Waals surface area contributed by atoms with Crippen LogP contribution in [0.15, 0.2) is 24.3 Å². The van der Waals surface area contributed by atoms with Crippen molar-refractivity contribution in [3.05, 3.63) is 35.6 Å². The van der Waals surface area contributed by atoms with Crippen LogP contribution in [0.5, 0.6) is 0 Å². The Labute approximate surface area is 112 Å². The van der Waals surface area contributed by atoms with Gasteiger partial charge in [0, 0.05) is 6.61 Å². The molecule has 2 rings (SSSR count). The summed E-state index contributed by atoms with van der Waals surface area (Å²) in [5.41, 5.74) is 0.474. The molecule has 1 aliphatic rings. The fourth-order valence-corrected chi connectivity index (χ4v) is 2.50. The minimum atomic E-state index is -0.860. The van der Waals surface area contributed by atoms with Gasteiger partial charge in [0.25, 0.3) is 0 Å². The number of carbonyl (C=O) groups is 1. The monoisotopic (exact) mass is 266 g/mol. The zero-order chi connectivity index (χ0) is 13.7. The van der Waals surface area contributed by atoms with E-state index < -0.39 is 11.9 Å². The molecule has 0 aromatic heterocycles. The van der Waals surface area contributed by atoms with Crippen LogP contribution in [0.3, 0.4) is 0 Å². The average Bonchev–Trinajstić information content (AvgIpc) is 2.89. The fourth-order valence-electron chi connectivity index (χ4n) is 2.50. The first kappa shape index (κ1) is 14.0. The minimum Gasteiger partial charge on any atom is -0.481 e. The van der Waals surface area contributed by atoms with E-state index in [4.69, 9.17) is 4.74 Å². The van der Waals surface area contributed by atoms with E-state index in [-0.39, 0.29) is 18.3 Å². The molecule has 1 aromatic carbocycles. The van der Waals surface area contributed by atoms with Gasteiger partial charge in [0.05, 0.1) is 12.0 Å². The summed E-state index contributed by atoms with van der Waals surface area (Å²) in [5.74, 6) is -1.73. The Bertz CT molecular complexity index is 427. The Morgan fingerprint density at radius 2 is 2.26 bits per heavy atom. The Morgan fingerprint density at radius 3 is 2.89 bits per heavy atom. The summed E-state index contributed by atoms with van der Waals surface area (Å²) in [5, 5.41) is 9.24. The number of halogens is 1.